The molecule has 6 atom stereocenters. The third-order valence-corrected chi connectivity index (χ3v) is 9.34. The van der Waals surface area contributed by atoms with Crippen LogP contribution in [0.3, 0.4) is 0 Å². The van der Waals surface area contributed by atoms with Crippen LogP contribution in [0.4, 0.5) is 0 Å². The SMILES string of the molecule is COc1cccc2c1C(=O)c1c(O)c3c(c(O)c1C2=O)C[C@@](O)(C(=O)CO)C[C@@H]3O[C@H]1CC(N2CCCC2)[C@H](O)C(C)O1. The number of phenols is 2. The largest absolute Gasteiger partial charge is 0.507 e. The second-order valence-corrected chi connectivity index (χ2v) is 11.8. The third kappa shape index (κ3) is 4.64. The molecule has 2 aliphatic heterocycles. The number of ketones is 3. The highest BCUT2D eigenvalue weighted by molar-refractivity contribution is 6.31. The number of nitrogens with zero attached hydrogens (tertiary/aromatic N) is 1. The average molecular weight is 598 g/mol. The number of ether oxygens (including phenoxy) is 3. The normalized spacial score (nSPS) is 30.5. The molecule has 0 radical (unpaired) electrons. The maximum atomic E-state index is 13.8. The molecule has 0 saturated carbocycles. The number of carbonyl (C=O) groups is 3. The van der Waals surface area contributed by atoms with Gasteiger partial charge in [0, 0.05) is 42.0 Å². The fourth-order valence-corrected chi connectivity index (χ4v) is 7.13. The number of aliphatic hydroxyl groups excluding tert-OH is 2. The maximum absolute atomic E-state index is 13.8. The summed E-state index contributed by atoms with van der Waals surface area (Å²) >= 11 is 0. The van der Waals surface area contributed by atoms with Gasteiger partial charge in [0.25, 0.3) is 0 Å². The number of fused-ring (bicyclic) bond motifs is 3. The van der Waals surface area contributed by atoms with Gasteiger partial charge in [-0.3, -0.25) is 19.3 Å². The summed E-state index contributed by atoms with van der Waals surface area (Å²) in [5.41, 5.74) is -3.43. The van der Waals surface area contributed by atoms with Crippen molar-refractivity contribution < 1.29 is 54.1 Å². The van der Waals surface area contributed by atoms with E-state index in [2.05, 4.69) is 4.90 Å². The monoisotopic (exact) mass is 597 g/mol. The van der Waals surface area contributed by atoms with Crippen LogP contribution in [0.15, 0.2) is 18.2 Å². The average Bonchev–Trinajstić information content (AvgIpc) is 3.53. The summed E-state index contributed by atoms with van der Waals surface area (Å²) in [5, 5.41) is 55.1. The van der Waals surface area contributed by atoms with Crippen molar-refractivity contribution in [3.8, 4) is 17.2 Å². The molecule has 2 aromatic rings. The number of Topliss-reactive ketones (excluding diaryl/α,β-unsaturated/α-hetero) is 1. The Morgan fingerprint density at radius 2 is 1.79 bits per heavy atom. The minimum Gasteiger partial charge on any atom is -0.507 e. The number of phenolic OH excluding ortho intramolecular Hbond substituents is 2. The van der Waals surface area contributed by atoms with E-state index in [0.717, 1.165) is 25.9 Å². The van der Waals surface area contributed by atoms with Gasteiger partial charge in [-0.15, -0.1) is 0 Å². The van der Waals surface area contributed by atoms with Crippen LogP contribution in [0.1, 0.15) is 81.7 Å². The van der Waals surface area contributed by atoms with E-state index in [4.69, 9.17) is 14.2 Å². The molecule has 5 N–H and O–H groups in total. The van der Waals surface area contributed by atoms with Crippen molar-refractivity contribution in [2.75, 3.05) is 26.8 Å². The van der Waals surface area contributed by atoms with Crippen LogP contribution in [0.5, 0.6) is 17.2 Å². The summed E-state index contributed by atoms with van der Waals surface area (Å²) in [5.74, 6) is -3.61. The molecule has 0 bridgehead atoms. The lowest BCUT2D eigenvalue weighted by Gasteiger charge is -2.44. The van der Waals surface area contributed by atoms with Crippen molar-refractivity contribution in [1.29, 1.82) is 0 Å². The molecule has 2 heterocycles. The van der Waals surface area contributed by atoms with Gasteiger partial charge in [0.15, 0.2) is 17.9 Å². The highest BCUT2D eigenvalue weighted by Gasteiger charge is 2.50. The molecule has 0 aromatic heterocycles. The van der Waals surface area contributed by atoms with Gasteiger partial charge < -0.3 is 39.7 Å². The van der Waals surface area contributed by atoms with Gasteiger partial charge in [0.2, 0.25) is 5.78 Å². The Labute approximate surface area is 247 Å². The Kier molecular flexibility index (Phi) is 7.56. The number of benzene rings is 2. The van der Waals surface area contributed by atoms with Gasteiger partial charge in [0.1, 0.15) is 29.5 Å². The van der Waals surface area contributed by atoms with Gasteiger partial charge in [-0.1, -0.05) is 12.1 Å². The van der Waals surface area contributed by atoms with E-state index >= 15 is 0 Å². The van der Waals surface area contributed by atoms with Crippen molar-refractivity contribution in [2.24, 2.45) is 0 Å². The number of hydrogen-bond donors (Lipinski definition) is 5. The summed E-state index contributed by atoms with van der Waals surface area (Å²) in [6.07, 6.45) is -2.41. The van der Waals surface area contributed by atoms with Gasteiger partial charge in [-0.2, -0.15) is 0 Å². The maximum Gasteiger partial charge on any atom is 0.202 e. The smallest absolute Gasteiger partial charge is 0.202 e. The molecule has 0 amide bonds. The standard InChI is InChI=1S/C31H35NO11/c1-14-26(35)17(32-8-3-4-9-32)10-21(42-14)43-19-12-31(40,20(34)13-33)11-16-23(19)30(39)25-24(28(16)37)27(36)15-6-5-7-18(41-2)22(15)29(25)38/h5-7,14,17,19,21,26,33,35,37,39-40H,3-4,8-13H2,1-2H3/t14?,17?,19-,21-,26+,31-/m0/s1. The molecule has 2 fully saturated rings. The predicted octanol–water partition coefficient (Wildman–Crippen LogP) is 1.14. The number of hydrogen-bond acceptors (Lipinski definition) is 12. The lowest BCUT2D eigenvalue weighted by molar-refractivity contribution is -0.257. The first-order chi connectivity index (χ1) is 20.5. The van der Waals surface area contributed by atoms with E-state index < -0.39 is 89.6 Å². The molecule has 0 spiro atoms. The molecule has 6 rings (SSSR count). The predicted molar refractivity (Wildman–Crippen MR) is 148 cm³/mol. The Balaban J connectivity index is 1.46. The molecule has 2 unspecified atom stereocenters. The number of methoxy groups -OCH3 is 1. The summed E-state index contributed by atoms with van der Waals surface area (Å²) in [6, 6.07) is 4.14. The second kappa shape index (κ2) is 11.0. The molecule has 2 saturated heterocycles. The second-order valence-electron chi connectivity index (χ2n) is 11.8. The minimum atomic E-state index is -2.22. The summed E-state index contributed by atoms with van der Waals surface area (Å²) in [6.45, 7) is 2.32. The van der Waals surface area contributed by atoms with Crippen LogP contribution < -0.4 is 4.74 Å². The van der Waals surface area contributed by atoms with Crippen molar-refractivity contribution in [3.05, 3.63) is 51.6 Å². The number of likely N-dealkylation sites (tertiary alicyclic amines) is 1. The molecule has 2 aromatic carbocycles. The van der Waals surface area contributed by atoms with E-state index in [9.17, 15) is 39.9 Å². The van der Waals surface area contributed by atoms with Crippen molar-refractivity contribution >= 4 is 17.3 Å². The summed E-state index contributed by atoms with van der Waals surface area (Å²) in [7, 11) is 1.34. The van der Waals surface area contributed by atoms with E-state index in [1.165, 1.54) is 25.3 Å². The first-order valence-corrected chi connectivity index (χ1v) is 14.5. The molecular weight excluding hydrogens is 562 g/mol. The van der Waals surface area contributed by atoms with E-state index in [1.54, 1.807) is 6.92 Å². The number of rotatable bonds is 6. The number of aliphatic hydroxyl groups is 3. The van der Waals surface area contributed by atoms with Crippen LogP contribution in [0.25, 0.3) is 0 Å². The van der Waals surface area contributed by atoms with Gasteiger partial charge in [0.05, 0.1) is 42.1 Å². The van der Waals surface area contributed by atoms with Gasteiger partial charge in [-0.05, 0) is 38.9 Å². The first-order valence-electron chi connectivity index (χ1n) is 14.5. The number of aromatic hydroxyl groups is 2. The highest BCUT2D eigenvalue weighted by Crippen LogP contribution is 2.52. The molecule has 2 aliphatic carbocycles. The van der Waals surface area contributed by atoms with E-state index in [-0.39, 0.29) is 40.5 Å². The Morgan fingerprint density at radius 1 is 1.09 bits per heavy atom. The van der Waals surface area contributed by atoms with Crippen LogP contribution in [0.2, 0.25) is 0 Å². The van der Waals surface area contributed by atoms with E-state index in [1.807, 2.05) is 0 Å². The van der Waals surface area contributed by atoms with Gasteiger partial charge >= 0.3 is 0 Å². The minimum absolute atomic E-state index is 0.0343. The zero-order valence-electron chi connectivity index (χ0n) is 23.9. The van der Waals surface area contributed by atoms with Crippen molar-refractivity contribution in [3.63, 3.8) is 0 Å². The van der Waals surface area contributed by atoms with Crippen LogP contribution >= 0.6 is 0 Å². The first kappa shape index (κ1) is 29.7. The van der Waals surface area contributed by atoms with Crippen LogP contribution in [-0.2, 0) is 20.7 Å². The van der Waals surface area contributed by atoms with Crippen LogP contribution in [-0.4, -0.2) is 105 Å². The topological polar surface area (TPSA) is 183 Å². The fourth-order valence-electron chi connectivity index (χ4n) is 7.13. The van der Waals surface area contributed by atoms with Crippen molar-refractivity contribution in [2.45, 2.75) is 75.3 Å². The summed E-state index contributed by atoms with van der Waals surface area (Å²) in [4.78, 5) is 42.4. The fraction of sp³-hybridized carbons (Fsp3) is 0.516. The number of carbonyl (C=O) groups excluding carboxylic acids is 3. The van der Waals surface area contributed by atoms with Gasteiger partial charge in [-0.25, -0.2) is 0 Å². The summed E-state index contributed by atoms with van der Waals surface area (Å²) < 4.78 is 17.6. The van der Waals surface area contributed by atoms with E-state index in [0.29, 0.717) is 0 Å². The molecule has 4 aliphatic rings. The Bertz CT molecular complexity index is 1500. The lowest BCUT2D eigenvalue weighted by atomic mass is 9.72. The lowest BCUT2D eigenvalue weighted by Crippen LogP contribution is -2.55. The quantitative estimate of drug-likeness (QED) is 0.256. The molecule has 12 heteroatoms. The van der Waals surface area contributed by atoms with Crippen molar-refractivity contribution in [1.82, 2.24) is 4.90 Å². The Hall–Kier alpha value is -3.39. The highest BCUT2D eigenvalue weighted by atomic mass is 16.7. The molecule has 43 heavy (non-hydrogen) atoms. The zero-order valence-corrected chi connectivity index (χ0v) is 23.9. The third-order valence-electron chi connectivity index (χ3n) is 9.34. The van der Waals surface area contributed by atoms with Crippen LogP contribution in [0, 0.1) is 0 Å². The Morgan fingerprint density at radius 3 is 2.47 bits per heavy atom. The molecule has 230 valence electrons. The zero-order chi connectivity index (χ0) is 30.8. The molecular formula is C31H35NO11. The molecule has 12 nitrogen and oxygen atoms in total.